The van der Waals surface area contributed by atoms with Gasteiger partial charge in [-0.05, 0) is 13.0 Å². The van der Waals surface area contributed by atoms with Gasteiger partial charge in [0.15, 0.2) is 0 Å². The maximum atomic E-state index is 10.4. The summed E-state index contributed by atoms with van der Waals surface area (Å²) < 4.78 is 0. The van der Waals surface area contributed by atoms with E-state index in [1.54, 1.807) is 6.92 Å². The highest BCUT2D eigenvalue weighted by Gasteiger charge is 2.07. The summed E-state index contributed by atoms with van der Waals surface area (Å²) in [6.07, 6.45) is 1.38. The Morgan fingerprint density at radius 3 is 1.85 bits per heavy atom. The van der Waals surface area contributed by atoms with E-state index in [1.807, 2.05) is 13.8 Å². The van der Waals surface area contributed by atoms with Gasteiger partial charge in [0.1, 0.15) is 0 Å². The first kappa shape index (κ1) is 14.0. The lowest BCUT2D eigenvalue weighted by Crippen LogP contribution is -2.09. The van der Waals surface area contributed by atoms with E-state index in [-0.39, 0.29) is 11.3 Å². The van der Waals surface area contributed by atoms with Gasteiger partial charge in [0.2, 0.25) is 0 Å². The number of allylic oxidation sites excluding steroid dienone is 2. The summed E-state index contributed by atoms with van der Waals surface area (Å²) >= 11 is 0. The third kappa shape index (κ3) is 6.87. The molecule has 0 saturated carbocycles. The zero-order valence-electron chi connectivity index (χ0n) is 8.42. The van der Waals surface area contributed by atoms with E-state index in [1.165, 1.54) is 6.08 Å². The molecular formula is C10H17NO2. The summed E-state index contributed by atoms with van der Waals surface area (Å²) in [6, 6.07) is 0. The SMILES string of the molecule is C=C(C)/C=C(\C(=C)N)C(=O)O.CC. The quantitative estimate of drug-likeness (QED) is 0.520. The second-order valence-corrected chi connectivity index (χ2v) is 2.23. The molecule has 0 unspecified atom stereocenters. The van der Waals surface area contributed by atoms with Crippen LogP contribution in [0.3, 0.4) is 0 Å². The molecule has 0 radical (unpaired) electrons. The van der Waals surface area contributed by atoms with Gasteiger partial charge in [0.05, 0.1) is 5.57 Å². The Bertz CT molecular complexity index is 223. The van der Waals surface area contributed by atoms with E-state index in [0.717, 1.165) is 0 Å². The molecule has 3 heteroatoms. The van der Waals surface area contributed by atoms with Crippen LogP contribution in [0.1, 0.15) is 20.8 Å². The molecule has 3 N–H and O–H groups in total. The number of nitrogens with two attached hydrogens (primary N) is 1. The van der Waals surface area contributed by atoms with Crippen LogP contribution in [0.2, 0.25) is 0 Å². The third-order valence-electron chi connectivity index (χ3n) is 0.967. The minimum atomic E-state index is -1.08. The van der Waals surface area contributed by atoms with Crippen molar-refractivity contribution in [1.29, 1.82) is 0 Å². The maximum absolute atomic E-state index is 10.4. The first-order valence-corrected chi connectivity index (χ1v) is 4.00. The Morgan fingerprint density at radius 1 is 1.38 bits per heavy atom. The van der Waals surface area contributed by atoms with Gasteiger partial charge in [-0.1, -0.05) is 32.6 Å². The second kappa shape index (κ2) is 7.16. The average molecular weight is 183 g/mol. The highest BCUT2D eigenvalue weighted by molar-refractivity contribution is 5.91. The highest BCUT2D eigenvalue weighted by Crippen LogP contribution is 2.05. The predicted octanol–water partition coefficient (Wildman–Crippen LogP) is 2.07. The minimum absolute atomic E-state index is 0.00231. The first-order chi connectivity index (χ1) is 5.95. The Kier molecular flexibility index (Phi) is 7.73. The van der Waals surface area contributed by atoms with Crippen molar-refractivity contribution in [3.63, 3.8) is 0 Å². The summed E-state index contributed by atoms with van der Waals surface area (Å²) in [5.41, 5.74) is 5.87. The molecule has 74 valence electrons. The largest absolute Gasteiger partial charge is 0.478 e. The van der Waals surface area contributed by atoms with Crippen molar-refractivity contribution in [3.8, 4) is 0 Å². The molecule has 0 aromatic heterocycles. The fourth-order valence-corrected chi connectivity index (χ4v) is 0.538. The van der Waals surface area contributed by atoms with Gasteiger partial charge in [-0.15, -0.1) is 0 Å². The monoisotopic (exact) mass is 183 g/mol. The Labute approximate surface area is 79.3 Å². The Morgan fingerprint density at radius 2 is 1.77 bits per heavy atom. The van der Waals surface area contributed by atoms with Crippen LogP contribution in [0.25, 0.3) is 0 Å². The van der Waals surface area contributed by atoms with Crippen LogP contribution in [0.4, 0.5) is 0 Å². The molecule has 3 nitrogen and oxygen atoms in total. The van der Waals surface area contributed by atoms with E-state index >= 15 is 0 Å². The van der Waals surface area contributed by atoms with Gasteiger partial charge in [-0.25, -0.2) is 4.79 Å². The van der Waals surface area contributed by atoms with E-state index in [4.69, 9.17) is 10.8 Å². The molecule has 0 rings (SSSR count). The van der Waals surface area contributed by atoms with Crippen LogP contribution in [0.5, 0.6) is 0 Å². The Hall–Kier alpha value is -1.51. The maximum Gasteiger partial charge on any atom is 0.337 e. The van der Waals surface area contributed by atoms with E-state index in [9.17, 15) is 4.79 Å². The minimum Gasteiger partial charge on any atom is -0.478 e. The summed E-state index contributed by atoms with van der Waals surface area (Å²) in [5, 5.41) is 8.54. The average Bonchev–Trinajstić information content (AvgIpc) is 2.03. The number of rotatable bonds is 3. The van der Waals surface area contributed by atoms with Crippen LogP contribution in [0.15, 0.2) is 36.1 Å². The standard InChI is InChI=1S/C8H11NO2.C2H6/c1-5(2)4-7(6(3)9)8(10)11;1-2/h4H,1,3,9H2,2H3,(H,10,11);1-2H3/b7-4+;. The molecule has 0 bridgehead atoms. The van der Waals surface area contributed by atoms with Gasteiger partial charge in [0, 0.05) is 5.70 Å². The first-order valence-electron chi connectivity index (χ1n) is 4.00. The van der Waals surface area contributed by atoms with E-state index in [0.29, 0.717) is 5.57 Å². The zero-order valence-corrected chi connectivity index (χ0v) is 8.42. The summed E-state index contributed by atoms with van der Waals surface area (Å²) in [7, 11) is 0. The molecule has 0 aromatic rings. The van der Waals surface area contributed by atoms with E-state index < -0.39 is 5.97 Å². The number of carboxylic acids is 1. The van der Waals surface area contributed by atoms with Crippen LogP contribution < -0.4 is 5.73 Å². The normalized spacial score (nSPS) is 9.62. The van der Waals surface area contributed by atoms with Crippen LogP contribution in [-0.2, 0) is 4.79 Å². The molecule has 0 saturated heterocycles. The lowest BCUT2D eigenvalue weighted by atomic mass is 10.1. The van der Waals surface area contributed by atoms with Crippen molar-refractivity contribution in [2.75, 3.05) is 0 Å². The summed E-state index contributed by atoms with van der Waals surface area (Å²) in [5.74, 6) is -1.08. The van der Waals surface area contributed by atoms with Crippen molar-refractivity contribution in [2.45, 2.75) is 20.8 Å². The fraction of sp³-hybridized carbons (Fsp3) is 0.300. The van der Waals surface area contributed by atoms with Crippen molar-refractivity contribution in [1.82, 2.24) is 0 Å². The molecule has 0 spiro atoms. The number of carbonyl (C=O) groups is 1. The Balaban J connectivity index is 0. The van der Waals surface area contributed by atoms with Gasteiger partial charge in [-0.2, -0.15) is 0 Å². The third-order valence-corrected chi connectivity index (χ3v) is 0.967. The molecule has 0 aliphatic heterocycles. The van der Waals surface area contributed by atoms with Gasteiger partial charge in [0.25, 0.3) is 0 Å². The predicted molar refractivity (Wildman–Crippen MR) is 55.2 cm³/mol. The van der Waals surface area contributed by atoms with Gasteiger partial charge >= 0.3 is 5.97 Å². The van der Waals surface area contributed by atoms with Crippen molar-refractivity contribution in [2.24, 2.45) is 5.73 Å². The molecule has 0 atom stereocenters. The smallest absolute Gasteiger partial charge is 0.337 e. The molecule has 0 aliphatic carbocycles. The molecule has 0 aliphatic rings. The summed E-state index contributed by atoms with van der Waals surface area (Å²) in [6.45, 7) is 12.5. The van der Waals surface area contributed by atoms with Crippen LogP contribution in [0, 0.1) is 0 Å². The molecular weight excluding hydrogens is 166 g/mol. The van der Waals surface area contributed by atoms with Gasteiger partial charge < -0.3 is 10.8 Å². The van der Waals surface area contributed by atoms with Crippen LogP contribution in [-0.4, -0.2) is 11.1 Å². The topological polar surface area (TPSA) is 63.3 Å². The molecule has 13 heavy (non-hydrogen) atoms. The number of hydrogen-bond donors (Lipinski definition) is 2. The zero-order chi connectivity index (χ0) is 11.0. The second-order valence-electron chi connectivity index (χ2n) is 2.23. The highest BCUT2D eigenvalue weighted by atomic mass is 16.4. The van der Waals surface area contributed by atoms with Gasteiger partial charge in [-0.3, -0.25) is 0 Å². The number of carboxylic acid groups (broad SMARTS) is 1. The number of aliphatic carboxylic acids is 1. The lowest BCUT2D eigenvalue weighted by Gasteiger charge is -1.99. The van der Waals surface area contributed by atoms with Crippen molar-refractivity contribution in [3.05, 3.63) is 36.1 Å². The molecule has 0 fully saturated rings. The van der Waals surface area contributed by atoms with Crippen LogP contribution >= 0.6 is 0 Å². The fourth-order valence-electron chi connectivity index (χ4n) is 0.538. The molecule has 0 heterocycles. The summed E-state index contributed by atoms with van der Waals surface area (Å²) in [4.78, 5) is 10.4. The van der Waals surface area contributed by atoms with Crippen molar-refractivity contribution >= 4 is 5.97 Å². The van der Waals surface area contributed by atoms with Crippen molar-refractivity contribution < 1.29 is 9.90 Å². The molecule has 0 amide bonds. The van der Waals surface area contributed by atoms with E-state index in [2.05, 4.69) is 13.2 Å². The lowest BCUT2D eigenvalue weighted by molar-refractivity contribution is -0.132. The molecule has 0 aromatic carbocycles. The number of hydrogen-bond acceptors (Lipinski definition) is 2.